The van der Waals surface area contributed by atoms with Crippen LogP contribution in [0, 0.1) is 13.8 Å². The molecule has 0 saturated carbocycles. The smallest absolute Gasteiger partial charge is 0.262 e. The van der Waals surface area contributed by atoms with Gasteiger partial charge < -0.3 is 21.4 Å². The molecule has 86 valence electrons. The summed E-state index contributed by atoms with van der Waals surface area (Å²) in [5.41, 5.74) is 3.10. The van der Waals surface area contributed by atoms with Crippen LogP contribution in [0.15, 0.2) is 28.3 Å². The molecule has 0 N–H and O–H groups in total. The number of carbonyl (C=O) groups excluding carboxylic acids is 1. The first-order chi connectivity index (χ1) is 7.18. The van der Waals surface area contributed by atoms with E-state index in [0.29, 0.717) is 12.3 Å². The second-order valence-electron chi connectivity index (χ2n) is 3.39. The van der Waals surface area contributed by atoms with Gasteiger partial charge in [-0.15, -0.1) is 0 Å². The fourth-order valence-corrected chi connectivity index (χ4v) is 2.14. The number of rotatable bonds is 3. The molecule has 0 bridgehead atoms. The van der Waals surface area contributed by atoms with Crippen LogP contribution in [-0.4, -0.2) is 5.78 Å². The first kappa shape index (κ1) is 13.1. The lowest BCUT2D eigenvalue weighted by molar-refractivity contribution is -0.684. The van der Waals surface area contributed by atoms with E-state index in [-0.39, 0.29) is 22.8 Å². The second-order valence-corrected chi connectivity index (χ2v) is 4.45. The zero-order valence-corrected chi connectivity index (χ0v) is 11.5. The summed E-state index contributed by atoms with van der Waals surface area (Å²) in [6.45, 7) is 4.42. The van der Waals surface area contributed by atoms with Gasteiger partial charge in [-0.05, 0) is 19.1 Å². The number of Topliss-reactive ketones (excluding diaryl/α,β-unsaturated/α-hetero) is 1. The lowest BCUT2D eigenvalue weighted by atomic mass is 10.3. The van der Waals surface area contributed by atoms with Gasteiger partial charge in [-0.1, -0.05) is 11.3 Å². The summed E-state index contributed by atoms with van der Waals surface area (Å²) in [5, 5.41) is 0. The number of ketones is 1. The van der Waals surface area contributed by atoms with Gasteiger partial charge in [0.15, 0.2) is 11.5 Å². The van der Waals surface area contributed by atoms with E-state index in [9.17, 15) is 4.79 Å². The van der Waals surface area contributed by atoms with Gasteiger partial charge in [0.1, 0.15) is 0 Å². The molecular weight excluding hydrogens is 290 g/mol. The third kappa shape index (κ3) is 2.59. The molecule has 2 rings (SSSR count). The summed E-state index contributed by atoms with van der Waals surface area (Å²) in [6, 6.07) is 3.42. The van der Waals surface area contributed by atoms with Gasteiger partial charge in [0.25, 0.3) is 5.78 Å². The van der Waals surface area contributed by atoms with Crippen molar-refractivity contribution in [3.63, 3.8) is 0 Å². The van der Waals surface area contributed by atoms with Crippen LogP contribution >= 0.6 is 11.3 Å². The predicted molar refractivity (Wildman–Crippen MR) is 57.0 cm³/mol. The van der Waals surface area contributed by atoms with Crippen LogP contribution in [0.4, 0.5) is 0 Å². The van der Waals surface area contributed by atoms with Gasteiger partial charge in [0.05, 0.1) is 11.1 Å². The van der Waals surface area contributed by atoms with Gasteiger partial charge in [-0.3, -0.25) is 4.79 Å². The molecule has 0 saturated heterocycles. The summed E-state index contributed by atoms with van der Waals surface area (Å²) < 4.78 is 7.00. The Morgan fingerprint density at radius 3 is 2.75 bits per heavy atom. The Balaban J connectivity index is 0.00000128. The quantitative estimate of drug-likeness (QED) is 0.546. The molecule has 2 aromatic rings. The zero-order chi connectivity index (χ0) is 10.8. The topological polar surface area (TPSA) is 34.1 Å². The zero-order valence-electron chi connectivity index (χ0n) is 9.07. The summed E-state index contributed by atoms with van der Waals surface area (Å²) in [4.78, 5) is 13.0. The lowest BCUT2D eigenvalue weighted by Gasteiger charge is -1.93. The molecular formula is C11H12BrNO2S. The van der Waals surface area contributed by atoms with Gasteiger partial charge >= 0.3 is 0 Å². The van der Waals surface area contributed by atoms with Crippen molar-refractivity contribution in [3.05, 3.63) is 40.2 Å². The van der Waals surface area contributed by atoms with E-state index in [1.165, 1.54) is 11.1 Å². The molecule has 0 amide bonds. The molecule has 2 heterocycles. The van der Waals surface area contributed by atoms with Crippen LogP contribution in [0.2, 0.25) is 0 Å². The van der Waals surface area contributed by atoms with Crippen molar-refractivity contribution in [1.29, 1.82) is 0 Å². The lowest BCUT2D eigenvalue weighted by Crippen LogP contribution is -3.00. The minimum absolute atomic E-state index is 0. The van der Waals surface area contributed by atoms with Crippen LogP contribution in [0.1, 0.15) is 21.1 Å². The summed E-state index contributed by atoms with van der Waals surface area (Å²) in [6.07, 6.45) is 1.52. The SMILES string of the molecule is Cc1sc[n+](CC(=O)c2ccco2)c1C.[Br-]. The van der Waals surface area contributed by atoms with Gasteiger partial charge in [-0.25, -0.2) is 0 Å². The monoisotopic (exact) mass is 301 g/mol. The maximum absolute atomic E-state index is 11.7. The van der Waals surface area contributed by atoms with Crippen molar-refractivity contribution in [1.82, 2.24) is 0 Å². The van der Waals surface area contributed by atoms with Crippen molar-refractivity contribution < 1.29 is 30.8 Å². The van der Waals surface area contributed by atoms with Gasteiger partial charge in [-0.2, -0.15) is 4.57 Å². The Bertz CT molecular complexity index is 476. The molecule has 3 nitrogen and oxygen atoms in total. The normalized spacial score (nSPS) is 9.88. The van der Waals surface area contributed by atoms with E-state index in [1.807, 2.05) is 23.9 Å². The molecule has 0 aliphatic heterocycles. The number of aromatic nitrogens is 1. The first-order valence-corrected chi connectivity index (χ1v) is 5.57. The minimum Gasteiger partial charge on any atom is -1.00 e. The van der Waals surface area contributed by atoms with Crippen LogP contribution in [0.25, 0.3) is 0 Å². The molecule has 0 atom stereocenters. The van der Waals surface area contributed by atoms with E-state index in [0.717, 1.165) is 5.69 Å². The maximum atomic E-state index is 11.7. The highest BCUT2D eigenvalue weighted by atomic mass is 79.9. The Morgan fingerprint density at radius 2 is 2.25 bits per heavy atom. The number of nitrogens with zero attached hydrogens (tertiary/aromatic N) is 1. The first-order valence-electron chi connectivity index (χ1n) is 4.69. The fraction of sp³-hybridized carbons (Fsp3) is 0.273. The van der Waals surface area contributed by atoms with E-state index >= 15 is 0 Å². The predicted octanol–water partition coefficient (Wildman–Crippen LogP) is -0.868. The molecule has 0 spiro atoms. The summed E-state index contributed by atoms with van der Waals surface area (Å²) >= 11 is 1.65. The number of furan rings is 1. The third-order valence-corrected chi connectivity index (χ3v) is 3.42. The Kier molecular flexibility index (Phi) is 4.44. The number of hydrogen-bond donors (Lipinski definition) is 0. The van der Waals surface area contributed by atoms with Crippen molar-refractivity contribution in [2.75, 3.05) is 0 Å². The average Bonchev–Trinajstić information content (AvgIpc) is 2.83. The number of halogens is 1. The van der Waals surface area contributed by atoms with Crippen molar-refractivity contribution in [3.8, 4) is 0 Å². The molecule has 2 aromatic heterocycles. The molecule has 0 aromatic carbocycles. The van der Waals surface area contributed by atoms with Crippen molar-refractivity contribution in [2.45, 2.75) is 20.4 Å². The van der Waals surface area contributed by atoms with Gasteiger partial charge in [0, 0.05) is 6.92 Å². The largest absolute Gasteiger partial charge is 1.00 e. The van der Waals surface area contributed by atoms with Crippen LogP contribution < -0.4 is 21.5 Å². The summed E-state index contributed by atoms with van der Waals surface area (Å²) in [5.74, 6) is 0.427. The number of hydrogen-bond acceptors (Lipinski definition) is 3. The fourth-order valence-electron chi connectivity index (χ4n) is 1.33. The highest BCUT2D eigenvalue weighted by molar-refractivity contribution is 7.09. The minimum atomic E-state index is 0. The highest BCUT2D eigenvalue weighted by Gasteiger charge is 2.18. The van der Waals surface area contributed by atoms with Crippen LogP contribution in [-0.2, 0) is 6.54 Å². The van der Waals surface area contributed by atoms with Crippen LogP contribution in [0.5, 0.6) is 0 Å². The number of aryl methyl sites for hydroxylation is 1. The molecule has 0 aliphatic carbocycles. The highest BCUT2D eigenvalue weighted by Crippen LogP contribution is 2.08. The summed E-state index contributed by atoms with van der Waals surface area (Å²) in [7, 11) is 0. The Hall–Kier alpha value is -0.940. The van der Waals surface area contributed by atoms with Gasteiger partial charge in [0.2, 0.25) is 12.1 Å². The standard InChI is InChI=1S/C11H12NO2S.BrH/c1-8-9(2)15-7-12(8)6-10(13)11-4-3-5-14-11;/h3-5,7H,6H2,1-2H3;1H/q+1;/p-1. The molecule has 0 unspecified atom stereocenters. The van der Waals surface area contributed by atoms with Crippen molar-refractivity contribution in [2.24, 2.45) is 0 Å². The van der Waals surface area contributed by atoms with E-state index in [4.69, 9.17) is 4.42 Å². The molecule has 0 aliphatic rings. The van der Waals surface area contributed by atoms with Crippen molar-refractivity contribution >= 4 is 17.1 Å². The average molecular weight is 302 g/mol. The molecule has 5 heteroatoms. The van der Waals surface area contributed by atoms with E-state index in [2.05, 4.69) is 0 Å². The molecule has 0 radical (unpaired) electrons. The maximum Gasteiger partial charge on any atom is 0.262 e. The molecule has 16 heavy (non-hydrogen) atoms. The van der Waals surface area contributed by atoms with E-state index in [1.54, 1.807) is 23.5 Å². The number of thiazole rings is 1. The third-order valence-electron chi connectivity index (χ3n) is 2.41. The van der Waals surface area contributed by atoms with Crippen LogP contribution in [0.3, 0.4) is 0 Å². The second kappa shape index (κ2) is 5.41. The molecule has 0 fully saturated rings. The Morgan fingerprint density at radius 1 is 1.50 bits per heavy atom. The Labute approximate surface area is 108 Å². The number of carbonyl (C=O) groups is 1. The van der Waals surface area contributed by atoms with E-state index < -0.39 is 0 Å².